The molecule has 0 saturated carbocycles. The van der Waals surface area contributed by atoms with Crippen molar-refractivity contribution in [1.82, 2.24) is 14.5 Å². The van der Waals surface area contributed by atoms with Gasteiger partial charge in [-0.1, -0.05) is 18.7 Å². The molecule has 0 radical (unpaired) electrons. The molecule has 19 heavy (non-hydrogen) atoms. The second kappa shape index (κ2) is 5.40. The third-order valence-electron chi connectivity index (χ3n) is 2.67. The van der Waals surface area contributed by atoms with Crippen molar-refractivity contribution in [2.24, 2.45) is 0 Å². The van der Waals surface area contributed by atoms with E-state index < -0.39 is 11.4 Å². The quantitative estimate of drug-likeness (QED) is 0.676. The number of carbonyl (C=O) groups is 1. The molecule has 0 amide bonds. The minimum Gasteiger partial charge on any atom is -0.477 e. The normalized spacial score (nSPS) is 10.8. The van der Waals surface area contributed by atoms with Gasteiger partial charge in [0.1, 0.15) is 11.2 Å². The van der Waals surface area contributed by atoms with Gasteiger partial charge in [0, 0.05) is 18.9 Å². The Morgan fingerprint density at radius 2 is 2.26 bits per heavy atom. The van der Waals surface area contributed by atoms with Crippen LogP contribution in [0.3, 0.4) is 0 Å². The van der Waals surface area contributed by atoms with Crippen molar-refractivity contribution in [3.63, 3.8) is 0 Å². The minimum atomic E-state index is -1.23. The van der Waals surface area contributed by atoms with Crippen LogP contribution in [0.5, 0.6) is 0 Å². The standard InChI is InChI=1S/C12H13N3O3S/c1-3-4-15-6-8(11(17)18)9(16)7-5-13-12(19-2)14-10(7)15/h5-6H,3-4H2,1-2H3,(H,17,18). The first-order valence-electron chi connectivity index (χ1n) is 5.76. The lowest BCUT2D eigenvalue weighted by Gasteiger charge is -2.10. The topological polar surface area (TPSA) is 85.1 Å². The number of fused-ring (bicyclic) bond motifs is 1. The molecule has 0 atom stereocenters. The van der Waals surface area contributed by atoms with E-state index in [1.807, 2.05) is 13.2 Å². The van der Waals surface area contributed by atoms with Crippen molar-refractivity contribution in [2.45, 2.75) is 25.0 Å². The summed E-state index contributed by atoms with van der Waals surface area (Å²) in [5.74, 6) is -1.23. The Bertz CT molecular complexity index is 696. The molecule has 0 saturated heterocycles. The Hall–Kier alpha value is -1.89. The first-order chi connectivity index (χ1) is 9.08. The van der Waals surface area contributed by atoms with Gasteiger partial charge >= 0.3 is 5.97 Å². The number of thioether (sulfide) groups is 1. The summed E-state index contributed by atoms with van der Waals surface area (Å²) in [5, 5.41) is 9.86. The Kier molecular flexibility index (Phi) is 3.84. The van der Waals surface area contributed by atoms with Crippen molar-refractivity contribution < 1.29 is 9.90 Å². The van der Waals surface area contributed by atoms with E-state index >= 15 is 0 Å². The first kappa shape index (κ1) is 13.5. The third-order valence-corrected chi connectivity index (χ3v) is 3.23. The molecule has 0 spiro atoms. The monoisotopic (exact) mass is 279 g/mol. The van der Waals surface area contributed by atoms with Crippen molar-refractivity contribution in [3.8, 4) is 0 Å². The largest absolute Gasteiger partial charge is 0.477 e. The van der Waals surface area contributed by atoms with E-state index in [9.17, 15) is 9.59 Å². The number of aromatic carboxylic acids is 1. The van der Waals surface area contributed by atoms with Crippen molar-refractivity contribution in [1.29, 1.82) is 0 Å². The second-order valence-corrected chi connectivity index (χ2v) is 4.74. The molecule has 6 nitrogen and oxygen atoms in total. The number of aryl methyl sites for hydroxylation is 1. The highest BCUT2D eigenvalue weighted by molar-refractivity contribution is 7.98. The number of nitrogens with zero attached hydrogens (tertiary/aromatic N) is 3. The Morgan fingerprint density at radius 3 is 2.84 bits per heavy atom. The highest BCUT2D eigenvalue weighted by Gasteiger charge is 2.15. The number of hydrogen-bond donors (Lipinski definition) is 1. The van der Waals surface area contributed by atoms with Gasteiger partial charge in [0.05, 0.1) is 5.39 Å². The molecule has 0 aliphatic heterocycles. The van der Waals surface area contributed by atoms with Gasteiger partial charge in [-0.25, -0.2) is 14.8 Å². The van der Waals surface area contributed by atoms with Crippen LogP contribution in [0.25, 0.3) is 11.0 Å². The predicted octanol–water partition coefficient (Wildman–Crippen LogP) is 1.62. The van der Waals surface area contributed by atoms with Crippen LogP contribution < -0.4 is 5.43 Å². The summed E-state index contributed by atoms with van der Waals surface area (Å²) in [4.78, 5) is 31.5. The Labute approximate surface area is 113 Å². The fourth-order valence-corrected chi connectivity index (χ4v) is 2.15. The molecule has 1 N–H and O–H groups in total. The molecule has 0 aliphatic rings. The SMILES string of the molecule is CCCn1cc(C(=O)O)c(=O)c2cnc(SC)nc21. The lowest BCUT2D eigenvalue weighted by molar-refractivity contribution is 0.0695. The highest BCUT2D eigenvalue weighted by atomic mass is 32.2. The zero-order valence-electron chi connectivity index (χ0n) is 10.6. The molecule has 100 valence electrons. The van der Waals surface area contributed by atoms with Gasteiger partial charge in [0.2, 0.25) is 5.43 Å². The van der Waals surface area contributed by atoms with Crippen LogP contribution in [0.2, 0.25) is 0 Å². The lowest BCUT2D eigenvalue weighted by atomic mass is 10.2. The van der Waals surface area contributed by atoms with E-state index in [2.05, 4.69) is 9.97 Å². The van der Waals surface area contributed by atoms with Gasteiger partial charge in [-0.2, -0.15) is 0 Å². The van der Waals surface area contributed by atoms with Crippen molar-refractivity contribution >= 4 is 28.8 Å². The zero-order chi connectivity index (χ0) is 14.0. The average molecular weight is 279 g/mol. The molecule has 0 aromatic carbocycles. The maximum atomic E-state index is 12.0. The molecule has 0 aliphatic carbocycles. The summed E-state index contributed by atoms with van der Waals surface area (Å²) in [5.41, 5.74) is -0.305. The summed E-state index contributed by atoms with van der Waals surface area (Å²) < 4.78 is 1.70. The van der Waals surface area contributed by atoms with Crippen LogP contribution in [-0.4, -0.2) is 31.9 Å². The second-order valence-electron chi connectivity index (χ2n) is 3.96. The highest BCUT2D eigenvalue weighted by Crippen LogP contribution is 2.14. The number of rotatable bonds is 4. The molecular formula is C12H13N3O3S. The van der Waals surface area contributed by atoms with E-state index in [4.69, 9.17) is 5.11 Å². The van der Waals surface area contributed by atoms with E-state index in [1.54, 1.807) is 4.57 Å². The van der Waals surface area contributed by atoms with Crippen molar-refractivity contribution in [2.75, 3.05) is 6.26 Å². The molecule has 2 rings (SSSR count). The number of aromatic nitrogens is 3. The molecule has 2 aromatic heterocycles. The van der Waals surface area contributed by atoms with Crippen LogP contribution in [-0.2, 0) is 6.54 Å². The summed E-state index contributed by atoms with van der Waals surface area (Å²) in [6, 6.07) is 0. The van der Waals surface area contributed by atoms with E-state index in [-0.39, 0.29) is 10.9 Å². The van der Waals surface area contributed by atoms with Gasteiger partial charge in [0.25, 0.3) is 0 Å². The maximum Gasteiger partial charge on any atom is 0.341 e. The fourth-order valence-electron chi connectivity index (χ4n) is 1.82. The molecule has 0 unspecified atom stereocenters. The molecule has 2 aromatic rings. The summed E-state index contributed by atoms with van der Waals surface area (Å²) in [7, 11) is 0. The van der Waals surface area contributed by atoms with Gasteiger partial charge in [-0.15, -0.1) is 0 Å². The van der Waals surface area contributed by atoms with Crippen LogP contribution in [0, 0.1) is 0 Å². The first-order valence-corrected chi connectivity index (χ1v) is 6.98. The molecule has 0 fully saturated rings. The summed E-state index contributed by atoms with van der Waals surface area (Å²) in [6.45, 7) is 2.57. The van der Waals surface area contributed by atoms with Crippen LogP contribution in [0.1, 0.15) is 23.7 Å². The van der Waals surface area contributed by atoms with Crippen LogP contribution in [0.4, 0.5) is 0 Å². The molecule has 7 heteroatoms. The number of hydrogen-bond acceptors (Lipinski definition) is 5. The lowest BCUT2D eigenvalue weighted by Crippen LogP contribution is -2.20. The van der Waals surface area contributed by atoms with E-state index in [1.165, 1.54) is 24.2 Å². The van der Waals surface area contributed by atoms with E-state index in [0.29, 0.717) is 17.3 Å². The zero-order valence-corrected chi connectivity index (χ0v) is 11.4. The number of carboxylic acids is 1. The molecule has 2 heterocycles. The molecular weight excluding hydrogens is 266 g/mol. The van der Waals surface area contributed by atoms with E-state index in [0.717, 1.165) is 6.42 Å². The van der Waals surface area contributed by atoms with Crippen LogP contribution in [0.15, 0.2) is 22.3 Å². The van der Waals surface area contributed by atoms with Crippen LogP contribution >= 0.6 is 11.8 Å². The van der Waals surface area contributed by atoms with Gasteiger partial charge in [0.15, 0.2) is 5.16 Å². The minimum absolute atomic E-state index is 0.242. The smallest absolute Gasteiger partial charge is 0.341 e. The number of carboxylic acid groups (broad SMARTS) is 1. The summed E-state index contributed by atoms with van der Waals surface area (Å²) >= 11 is 1.37. The van der Waals surface area contributed by atoms with Crippen molar-refractivity contribution in [3.05, 3.63) is 28.2 Å². The third kappa shape index (κ3) is 2.46. The Balaban J connectivity index is 2.83. The van der Waals surface area contributed by atoms with Gasteiger partial charge in [-0.05, 0) is 12.7 Å². The van der Waals surface area contributed by atoms with Gasteiger partial charge < -0.3 is 9.67 Å². The Morgan fingerprint density at radius 1 is 1.53 bits per heavy atom. The van der Waals surface area contributed by atoms with Gasteiger partial charge in [-0.3, -0.25) is 4.79 Å². The molecule has 0 bridgehead atoms. The predicted molar refractivity (Wildman–Crippen MR) is 72.8 cm³/mol. The maximum absolute atomic E-state index is 12.0. The fraction of sp³-hybridized carbons (Fsp3) is 0.333. The summed E-state index contributed by atoms with van der Waals surface area (Å²) in [6.07, 6.45) is 5.41. The number of pyridine rings is 1. The average Bonchev–Trinajstić information content (AvgIpc) is 2.41.